The van der Waals surface area contributed by atoms with Gasteiger partial charge in [-0.25, -0.2) is 0 Å². The molecule has 2 aromatic rings. The van der Waals surface area contributed by atoms with E-state index in [1.807, 2.05) is 30.3 Å². The molecule has 4 nitrogen and oxygen atoms in total. The van der Waals surface area contributed by atoms with Crippen LogP contribution in [0, 0.1) is 6.92 Å². The third-order valence-electron chi connectivity index (χ3n) is 3.04. The normalized spacial score (nSPS) is 10.2. The molecule has 0 aromatic heterocycles. The van der Waals surface area contributed by atoms with Gasteiger partial charge in [0.15, 0.2) is 0 Å². The molecule has 0 fully saturated rings. The van der Waals surface area contributed by atoms with Gasteiger partial charge in [-0.2, -0.15) is 0 Å². The summed E-state index contributed by atoms with van der Waals surface area (Å²) in [6.07, 6.45) is 0. The lowest BCUT2D eigenvalue weighted by Crippen LogP contribution is -2.17. The van der Waals surface area contributed by atoms with Gasteiger partial charge in [-0.1, -0.05) is 30.3 Å². The molecular weight excluding hydrogens is 240 g/mol. The second kappa shape index (κ2) is 4.94. The number of nitrogens with two attached hydrogens (primary N) is 2. The third kappa shape index (κ3) is 2.47. The molecule has 0 spiro atoms. The van der Waals surface area contributed by atoms with Crippen molar-refractivity contribution in [3.05, 3.63) is 59.2 Å². The van der Waals surface area contributed by atoms with Gasteiger partial charge in [0.05, 0.1) is 0 Å². The molecule has 0 aliphatic carbocycles. The van der Waals surface area contributed by atoms with Crippen molar-refractivity contribution < 1.29 is 9.59 Å². The smallest absolute Gasteiger partial charge is 0.249 e. The number of carbonyl (C=O) groups is 2. The zero-order chi connectivity index (χ0) is 14.0. The Balaban J connectivity index is 2.73. The SMILES string of the molecule is Cc1c(C(N)=O)cc(C(N)=O)cc1-c1ccccc1. The summed E-state index contributed by atoms with van der Waals surface area (Å²) in [6.45, 7) is 1.80. The molecule has 0 unspecified atom stereocenters. The Morgan fingerprint density at radius 3 is 2.11 bits per heavy atom. The number of hydrogen-bond acceptors (Lipinski definition) is 2. The number of rotatable bonds is 3. The highest BCUT2D eigenvalue weighted by Gasteiger charge is 2.14. The summed E-state index contributed by atoms with van der Waals surface area (Å²) < 4.78 is 0. The van der Waals surface area contributed by atoms with E-state index < -0.39 is 11.8 Å². The monoisotopic (exact) mass is 254 g/mol. The molecule has 4 heteroatoms. The van der Waals surface area contributed by atoms with Gasteiger partial charge in [0, 0.05) is 11.1 Å². The van der Waals surface area contributed by atoms with Crippen molar-refractivity contribution in [2.24, 2.45) is 11.5 Å². The Morgan fingerprint density at radius 1 is 0.947 bits per heavy atom. The van der Waals surface area contributed by atoms with Gasteiger partial charge < -0.3 is 11.5 Å². The van der Waals surface area contributed by atoms with Crippen molar-refractivity contribution in [2.75, 3.05) is 0 Å². The largest absolute Gasteiger partial charge is 0.366 e. The minimum atomic E-state index is -0.584. The highest BCUT2D eigenvalue weighted by molar-refractivity contribution is 6.01. The Hall–Kier alpha value is -2.62. The molecule has 0 bridgehead atoms. The van der Waals surface area contributed by atoms with Crippen molar-refractivity contribution in [2.45, 2.75) is 6.92 Å². The lowest BCUT2D eigenvalue weighted by molar-refractivity contribution is 0.0998. The molecule has 2 aromatic carbocycles. The number of primary amides is 2. The van der Waals surface area contributed by atoms with E-state index in [0.717, 1.165) is 16.7 Å². The van der Waals surface area contributed by atoms with Gasteiger partial charge in [0.1, 0.15) is 0 Å². The predicted octanol–water partition coefficient (Wildman–Crippen LogP) is 1.86. The van der Waals surface area contributed by atoms with Crippen molar-refractivity contribution in [3.63, 3.8) is 0 Å². The summed E-state index contributed by atoms with van der Waals surface area (Å²) in [4.78, 5) is 22.8. The molecule has 96 valence electrons. The molecule has 0 aliphatic heterocycles. The summed E-state index contributed by atoms with van der Waals surface area (Å²) in [7, 11) is 0. The lowest BCUT2D eigenvalue weighted by Gasteiger charge is -2.11. The maximum Gasteiger partial charge on any atom is 0.249 e. The first kappa shape index (κ1) is 12.8. The first-order valence-electron chi connectivity index (χ1n) is 5.80. The van der Waals surface area contributed by atoms with Gasteiger partial charge >= 0.3 is 0 Å². The molecule has 0 aliphatic rings. The van der Waals surface area contributed by atoms with Crippen LogP contribution >= 0.6 is 0 Å². The van der Waals surface area contributed by atoms with Crippen LogP contribution in [-0.2, 0) is 0 Å². The summed E-state index contributed by atoms with van der Waals surface area (Å²) in [5.74, 6) is -1.16. The maximum absolute atomic E-state index is 11.5. The van der Waals surface area contributed by atoms with Crippen molar-refractivity contribution in [1.29, 1.82) is 0 Å². The van der Waals surface area contributed by atoms with E-state index in [1.54, 1.807) is 13.0 Å². The highest BCUT2D eigenvalue weighted by atomic mass is 16.1. The zero-order valence-corrected chi connectivity index (χ0v) is 10.5. The Kier molecular flexibility index (Phi) is 3.33. The second-order valence-electron chi connectivity index (χ2n) is 4.29. The fourth-order valence-corrected chi connectivity index (χ4v) is 2.03. The number of benzene rings is 2. The molecule has 2 rings (SSSR count). The van der Waals surface area contributed by atoms with E-state index in [9.17, 15) is 9.59 Å². The van der Waals surface area contributed by atoms with E-state index in [0.29, 0.717) is 5.56 Å². The van der Waals surface area contributed by atoms with Gasteiger partial charge in [0.2, 0.25) is 11.8 Å². The average molecular weight is 254 g/mol. The van der Waals surface area contributed by atoms with E-state index in [2.05, 4.69) is 0 Å². The molecule has 0 atom stereocenters. The molecule has 0 saturated carbocycles. The van der Waals surface area contributed by atoms with Crippen LogP contribution in [0.4, 0.5) is 0 Å². The van der Waals surface area contributed by atoms with Crippen LogP contribution in [0.15, 0.2) is 42.5 Å². The van der Waals surface area contributed by atoms with Crippen LogP contribution in [0.25, 0.3) is 11.1 Å². The van der Waals surface area contributed by atoms with Crippen LogP contribution in [-0.4, -0.2) is 11.8 Å². The standard InChI is InChI=1S/C15H14N2O2/c1-9-12(10-5-3-2-4-6-10)7-11(14(16)18)8-13(9)15(17)19/h2-8H,1H3,(H2,16,18)(H2,17,19). The number of hydrogen-bond donors (Lipinski definition) is 2. The topological polar surface area (TPSA) is 86.2 Å². The molecular formula is C15H14N2O2. The summed E-state index contributed by atoms with van der Waals surface area (Å²) in [6, 6.07) is 12.6. The predicted molar refractivity (Wildman–Crippen MR) is 73.7 cm³/mol. The molecule has 2 amide bonds. The van der Waals surface area contributed by atoms with Gasteiger partial charge in [-0.3, -0.25) is 9.59 Å². The van der Waals surface area contributed by atoms with Crippen LogP contribution in [0.2, 0.25) is 0 Å². The van der Waals surface area contributed by atoms with E-state index >= 15 is 0 Å². The second-order valence-corrected chi connectivity index (χ2v) is 4.29. The van der Waals surface area contributed by atoms with Gasteiger partial charge in [-0.05, 0) is 35.7 Å². The fourth-order valence-electron chi connectivity index (χ4n) is 2.03. The van der Waals surface area contributed by atoms with Gasteiger partial charge in [0.25, 0.3) is 0 Å². The molecule has 0 saturated heterocycles. The van der Waals surface area contributed by atoms with Crippen molar-refractivity contribution >= 4 is 11.8 Å². The number of amides is 2. The van der Waals surface area contributed by atoms with Crippen LogP contribution in [0.5, 0.6) is 0 Å². The Bertz CT molecular complexity index is 649. The van der Waals surface area contributed by atoms with Crippen molar-refractivity contribution in [1.82, 2.24) is 0 Å². The fraction of sp³-hybridized carbons (Fsp3) is 0.0667. The van der Waals surface area contributed by atoms with E-state index in [1.165, 1.54) is 6.07 Å². The first-order valence-corrected chi connectivity index (χ1v) is 5.80. The minimum Gasteiger partial charge on any atom is -0.366 e. The van der Waals surface area contributed by atoms with Crippen molar-refractivity contribution in [3.8, 4) is 11.1 Å². The highest BCUT2D eigenvalue weighted by Crippen LogP contribution is 2.27. The molecule has 19 heavy (non-hydrogen) atoms. The summed E-state index contributed by atoms with van der Waals surface area (Å²) >= 11 is 0. The zero-order valence-electron chi connectivity index (χ0n) is 10.5. The van der Waals surface area contributed by atoms with Crippen LogP contribution < -0.4 is 11.5 Å². The maximum atomic E-state index is 11.5. The third-order valence-corrected chi connectivity index (χ3v) is 3.04. The Morgan fingerprint density at radius 2 is 1.58 bits per heavy atom. The van der Waals surface area contributed by atoms with Gasteiger partial charge in [-0.15, -0.1) is 0 Å². The molecule has 4 N–H and O–H groups in total. The quantitative estimate of drug-likeness (QED) is 0.875. The minimum absolute atomic E-state index is 0.276. The Labute approximate surface area is 111 Å². The van der Waals surface area contributed by atoms with E-state index in [-0.39, 0.29) is 5.56 Å². The summed E-state index contributed by atoms with van der Waals surface area (Å²) in [5, 5.41) is 0. The molecule has 0 heterocycles. The molecule has 0 radical (unpaired) electrons. The van der Waals surface area contributed by atoms with Crippen LogP contribution in [0.1, 0.15) is 26.3 Å². The first-order chi connectivity index (χ1) is 9.00. The average Bonchev–Trinajstić information content (AvgIpc) is 2.39. The van der Waals surface area contributed by atoms with Crippen LogP contribution in [0.3, 0.4) is 0 Å². The number of carbonyl (C=O) groups excluding carboxylic acids is 2. The summed E-state index contributed by atoms with van der Waals surface area (Å²) in [5.41, 5.74) is 13.7. The lowest BCUT2D eigenvalue weighted by atomic mass is 9.93. The van der Waals surface area contributed by atoms with E-state index in [4.69, 9.17) is 11.5 Å².